The molecule has 10 heteroatoms. The monoisotopic (exact) mass is 419 g/mol. The van der Waals surface area contributed by atoms with Gasteiger partial charge in [0, 0.05) is 19.1 Å². The molecule has 3 heterocycles. The summed E-state index contributed by atoms with van der Waals surface area (Å²) in [6.07, 6.45) is 0. The number of aromatic nitrogens is 3. The number of likely N-dealkylation sites (N-methyl/N-ethyl adjacent to an activating group) is 1. The summed E-state index contributed by atoms with van der Waals surface area (Å²) in [6.45, 7) is 4.61. The van der Waals surface area contributed by atoms with E-state index in [0.29, 0.717) is 18.7 Å². The van der Waals surface area contributed by atoms with E-state index in [2.05, 4.69) is 5.10 Å². The van der Waals surface area contributed by atoms with Crippen molar-refractivity contribution in [3.05, 3.63) is 50.7 Å². The number of amides is 1. The Morgan fingerprint density at radius 1 is 1.38 bits per heavy atom. The summed E-state index contributed by atoms with van der Waals surface area (Å²) >= 11 is 5.81. The van der Waals surface area contributed by atoms with Crippen LogP contribution in [0.4, 0.5) is 10.2 Å². The van der Waals surface area contributed by atoms with Crippen molar-refractivity contribution in [3.63, 3.8) is 0 Å². The molecule has 8 nitrogen and oxygen atoms in total. The van der Waals surface area contributed by atoms with Crippen molar-refractivity contribution in [1.29, 1.82) is 0 Å². The van der Waals surface area contributed by atoms with Crippen LogP contribution in [-0.2, 0) is 6.54 Å². The van der Waals surface area contributed by atoms with Crippen molar-refractivity contribution in [1.82, 2.24) is 19.2 Å². The Morgan fingerprint density at radius 3 is 2.76 bits per heavy atom. The number of anilines is 1. The van der Waals surface area contributed by atoms with Crippen molar-refractivity contribution in [3.8, 4) is 5.75 Å². The Hall–Kier alpha value is -3.07. The highest BCUT2D eigenvalue weighted by molar-refractivity contribution is 6.30. The number of hydrogen-bond acceptors (Lipinski definition) is 5. The minimum absolute atomic E-state index is 0.0129. The van der Waals surface area contributed by atoms with Crippen molar-refractivity contribution < 1.29 is 14.3 Å². The maximum absolute atomic E-state index is 13.4. The van der Waals surface area contributed by atoms with Gasteiger partial charge in [0.25, 0.3) is 11.5 Å². The van der Waals surface area contributed by atoms with Gasteiger partial charge in [-0.2, -0.15) is 0 Å². The molecule has 0 bridgehead atoms. The lowest BCUT2D eigenvalue weighted by atomic mass is 10.2. The summed E-state index contributed by atoms with van der Waals surface area (Å²) in [5, 5.41) is 14.8. The van der Waals surface area contributed by atoms with Crippen LogP contribution in [0.3, 0.4) is 0 Å². The highest BCUT2D eigenvalue weighted by atomic mass is 35.5. The number of benzene rings is 1. The van der Waals surface area contributed by atoms with E-state index < -0.39 is 17.1 Å². The Morgan fingerprint density at radius 2 is 2.10 bits per heavy atom. The van der Waals surface area contributed by atoms with E-state index in [-0.39, 0.29) is 45.9 Å². The third-order valence-corrected chi connectivity index (χ3v) is 5.50. The molecule has 2 aromatic heterocycles. The number of nitrogen functional groups attached to an aromatic ring is 1. The van der Waals surface area contributed by atoms with E-state index in [1.165, 1.54) is 18.2 Å². The maximum atomic E-state index is 13.4. The second kappa shape index (κ2) is 6.77. The molecule has 1 aliphatic rings. The predicted molar refractivity (Wildman–Crippen MR) is 107 cm³/mol. The van der Waals surface area contributed by atoms with Crippen LogP contribution in [0.15, 0.2) is 23.0 Å². The van der Waals surface area contributed by atoms with Crippen LogP contribution in [0.5, 0.6) is 5.75 Å². The number of aromatic hydroxyl groups is 1. The van der Waals surface area contributed by atoms with Crippen LogP contribution in [0.2, 0.25) is 5.02 Å². The molecule has 1 aliphatic heterocycles. The first-order valence-electron chi connectivity index (χ1n) is 9.11. The van der Waals surface area contributed by atoms with Crippen LogP contribution in [-0.4, -0.2) is 43.4 Å². The van der Waals surface area contributed by atoms with E-state index in [1.807, 2.05) is 13.8 Å². The summed E-state index contributed by atoms with van der Waals surface area (Å²) in [7, 11) is 0. The molecule has 0 fully saturated rings. The minimum atomic E-state index is -0.600. The predicted octanol–water partition coefficient (Wildman–Crippen LogP) is 2.36. The van der Waals surface area contributed by atoms with E-state index in [4.69, 9.17) is 17.3 Å². The highest BCUT2D eigenvalue weighted by Crippen LogP contribution is 2.38. The zero-order chi connectivity index (χ0) is 21.0. The molecule has 1 amide bonds. The van der Waals surface area contributed by atoms with Crippen LogP contribution >= 0.6 is 11.6 Å². The summed E-state index contributed by atoms with van der Waals surface area (Å²) in [4.78, 5) is 27.5. The molecule has 4 rings (SSSR count). The quantitative estimate of drug-likeness (QED) is 0.677. The number of halogens is 2. The molecule has 3 N–H and O–H groups in total. The molecule has 0 aliphatic carbocycles. The smallest absolute Gasteiger partial charge is 0.280 e. The molecule has 1 atom stereocenters. The Balaban J connectivity index is 1.93. The van der Waals surface area contributed by atoms with Crippen molar-refractivity contribution in [2.75, 3.05) is 18.8 Å². The summed E-state index contributed by atoms with van der Waals surface area (Å²) < 4.78 is 16.1. The van der Waals surface area contributed by atoms with Gasteiger partial charge in [0.2, 0.25) is 0 Å². The van der Waals surface area contributed by atoms with Gasteiger partial charge in [-0.3, -0.25) is 9.59 Å². The molecule has 1 aromatic carbocycles. The third-order valence-electron chi connectivity index (χ3n) is 5.21. The molecular formula is C19H19ClFN5O3. The molecule has 0 spiro atoms. The Bertz CT molecular complexity index is 1220. The zero-order valence-corrected chi connectivity index (χ0v) is 16.6. The topological polar surface area (TPSA) is 106 Å². The number of rotatable bonds is 3. The van der Waals surface area contributed by atoms with Gasteiger partial charge in [-0.25, -0.2) is 9.07 Å². The van der Waals surface area contributed by atoms with Gasteiger partial charge in [-0.1, -0.05) is 17.7 Å². The van der Waals surface area contributed by atoms with Crippen LogP contribution < -0.4 is 11.3 Å². The summed E-state index contributed by atoms with van der Waals surface area (Å²) in [5.41, 5.74) is 6.35. The van der Waals surface area contributed by atoms with Gasteiger partial charge >= 0.3 is 0 Å². The SMILES string of the molecule is CCN1CC(C)n2c(c(O)c3c(=O)n(Cc4ccc(F)c(Cl)c4)nc(N)c32)C1=O. The number of nitrogens with two attached hydrogens (primary N) is 1. The number of carbonyl (C=O) groups excluding carboxylic acids is 1. The zero-order valence-electron chi connectivity index (χ0n) is 15.8. The second-order valence-corrected chi connectivity index (χ2v) is 7.49. The average Bonchev–Trinajstić information content (AvgIpc) is 3.00. The number of carbonyl (C=O) groups is 1. The summed E-state index contributed by atoms with van der Waals surface area (Å²) in [6, 6.07) is 3.87. The van der Waals surface area contributed by atoms with Gasteiger partial charge in [-0.15, -0.1) is 5.10 Å². The van der Waals surface area contributed by atoms with E-state index in [1.54, 1.807) is 9.47 Å². The van der Waals surface area contributed by atoms with Gasteiger partial charge in [0.1, 0.15) is 16.7 Å². The van der Waals surface area contributed by atoms with Gasteiger partial charge in [0.05, 0.1) is 11.6 Å². The average molecular weight is 420 g/mol. The fraction of sp³-hybridized carbons (Fsp3) is 0.316. The molecule has 29 heavy (non-hydrogen) atoms. The number of fused-ring (bicyclic) bond motifs is 3. The first-order chi connectivity index (χ1) is 13.7. The molecular weight excluding hydrogens is 401 g/mol. The summed E-state index contributed by atoms with van der Waals surface area (Å²) in [5.74, 6) is -1.33. The van der Waals surface area contributed by atoms with Crippen molar-refractivity contribution >= 4 is 34.2 Å². The lowest BCUT2D eigenvalue weighted by molar-refractivity contribution is 0.0686. The number of nitrogens with zero attached hydrogens (tertiary/aromatic N) is 4. The van der Waals surface area contributed by atoms with E-state index in [0.717, 1.165) is 4.68 Å². The minimum Gasteiger partial charge on any atom is -0.505 e. The molecule has 1 unspecified atom stereocenters. The fourth-order valence-electron chi connectivity index (χ4n) is 3.85. The highest BCUT2D eigenvalue weighted by Gasteiger charge is 2.36. The lowest BCUT2D eigenvalue weighted by Gasteiger charge is -2.32. The molecule has 152 valence electrons. The van der Waals surface area contributed by atoms with Gasteiger partial charge < -0.3 is 20.3 Å². The van der Waals surface area contributed by atoms with Crippen molar-refractivity contribution in [2.24, 2.45) is 0 Å². The lowest BCUT2D eigenvalue weighted by Crippen LogP contribution is -2.41. The van der Waals surface area contributed by atoms with Crippen molar-refractivity contribution in [2.45, 2.75) is 26.4 Å². The van der Waals surface area contributed by atoms with Crippen LogP contribution in [0.1, 0.15) is 35.9 Å². The van der Waals surface area contributed by atoms with Gasteiger partial charge in [-0.05, 0) is 31.5 Å². The standard InChI is InChI=1S/C19H19ClFN5O3/c1-3-24-7-9(2)26-14-13(16(27)15(26)19(24)29)18(28)25(23-17(14)22)8-10-4-5-12(21)11(20)6-10/h4-6,9,27H,3,7-8H2,1-2H3,(H2,22,23). The normalized spacial score (nSPS) is 16.5. The van der Waals surface area contributed by atoms with Gasteiger partial charge in [0.15, 0.2) is 17.3 Å². The second-order valence-electron chi connectivity index (χ2n) is 7.08. The molecule has 0 radical (unpaired) electrons. The number of hydrogen-bond donors (Lipinski definition) is 2. The molecule has 3 aromatic rings. The molecule has 0 saturated heterocycles. The molecule has 0 saturated carbocycles. The first-order valence-corrected chi connectivity index (χ1v) is 9.49. The largest absolute Gasteiger partial charge is 0.505 e. The Kier molecular flexibility index (Phi) is 4.49. The van der Waals surface area contributed by atoms with Crippen LogP contribution in [0, 0.1) is 5.82 Å². The third kappa shape index (κ3) is 2.84. The van der Waals surface area contributed by atoms with E-state index in [9.17, 15) is 19.1 Å². The Labute approximate surface area is 169 Å². The fourth-order valence-corrected chi connectivity index (χ4v) is 4.06. The van der Waals surface area contributed by atoms with Crippen LogP contribution in [0.25, 0.3) is 10.9 Å². The van der Waals surface area contributed by atoms with E-state index >= 15 is 0 Å². The first kappa shape index (κ1) is 19.3. The maximum Gasteiger partial charge on any atom is 0.280 e.